The number of carbonyl (C=O) groups excluding carboxylic acids is 2. The van der Waals surface area contributed by atoms with Gasteiger partial charge in [-0.05, 0) is 68.0 Å². The second kappa shape index (κ2) is 8.55. The third-order valence-electron chi connectivity index (χ3n) is 8.02. The minimum atomic E-state index is -0.221. The van der Waals surface area contributed by atoms with Gasteiger partial charge < -0.3 is 20.5 Å². The van der Waals surface area contributed by atoms with Crippen LogP contribution in [0.15, 0.2) is 67.0 Å². The summed E-state index contributed by atoms with van der Waals surface area (Å²) in [6.07, 6.45) is 3.67. The van der Waals surface area contributed by atoms with Crippen molar-refractivity contribution in [3.05, 3.63) is 72.6 Å². The van der Waals surface area contributed by atoms with Crippen molar-refractivity contribution in [2.75, 3.05) is 17.6 Å². The van der Waals surface area contributed by atoms with Gasteiger partial charge in [-0.2, -0.15) is 0 Å². The summed E-state index contributed by atoms with van der Waals surface area (Å²) >= 11 is 0. The van der Waals surface area contributed by atoms with Crippen molar-refractivity contribution in [1.82, 2.24) is 19.4 Å². The SMILES string of the molecule is C=C(C)C(=O)Nc1ccc(-c2c(-c3ccc(C(=O)N4CC5CC4(C)C5)cc3)c3c(N)ncnc3n2C)cc1. The second-order valence-corrected chi connectivity index (χ2v) is 10.8. The molecule has 2 saturated heterocycles. The molecule has 1 saturated carbocycles. The van der Waals surface area contributed by atoms with E-state index < -0.39 is 0 Å². The molecule has 2 amide bonds. The Morgan fingerprint density at radius 1 is 1.05 bits per heavy atom. The number of nitrogens with two attached hydrogens (primary N) is 1. The number of fused-ring (bicyclic) bond motifs is 2. The number of amides is 2. The van der Waals surface area contributed by atoms with Gasteiger partial charge in [0, 0.05) is 41.5 Å². The molecule has 4 aromatic rings. The topological polar surface area (TPSA) is 106 Å². The van der Waals surface area contributed by atoms with Crippen LogP contribution in [0, 0.1) is 5.92 Å². The molecule has 4 heterocycles. The van der Waals surface area contributed by atoms with E-state index in [4.69, 9.17) is 5.73 Å². The monoisotopic (exact) mass is 506 g/mol. The maximum Gasteiger partial charge on any atom is 0.254 e. The number of nitrogens with zero attached hydrogens (tertiary/aromatic N) is 4. The fraction of sp³-hybridized carbons (Fsp3) is 0.267. The molecule has 3 aliphatic rings. The Morgan fingerprint density at radius 2 is 1.71 bits per heavy atom. The van der Waals surface area contributed by atoms with Gasteiger partial charge in [0.1, 0.15) is 17.8 Å². The summed E-state index contributed by atoms with van der Waals surface area (Å²) in [6.45, 7) is 8.39. The lowest BCUT2D eigenvalue weighted by atomic mass is 9.75. The van der Waals surface area contributed by atoms with E-state index in [1.165, 1.54) is 6.33 Å². The zero-order valence-electron chi connectivity index (χ0n) is 21.8. The zero-order valence-corrected chi connectivity index (χ0v) is 21.8. The van der Waals surface area contributed by atoms with Gasteiger partial charge in [0.15, 0.2) is 0 Å². The average Bonchev–Trinajstić information content (AvgIpc) is 3.51. The van der Waals surface area contributed by atoms with Crippen molar-refractivity contribution >= 4 is 34.4 Å². The van der Waals surface area contributed by atoms with Crippen molar-refractivity contribution in [3.8, 4) is 22.4 Å². The third-order valence-corrected chi connectivity index (χ3v) is 8.02. The van der Waals surface area contributed by atoms with Crippen LogP contribution in [-0.4, -0.2) is 43.3 Å². The number of rotatable bonds is 5. The van der Waals surface area contributed by atoms with Crippen LogP contribution in [0.25, 0.3) is 33.4 Å². The van der Waals surface area contributed by atoms with E-state index in [9.17, 15) is 9.59 Å². The third kappa shape index (κ3) is 3.67. The highest BCUT2D eigenvalue weighted by atomic mass is 16.2. The Kier molecular flexibility index (Phi) is 5.38. The first-order chi connectivity index (χ1) is 18.2. The van der Waals surface area contributed by atoms with Gasteiger partial charge in [-0.3, -0.25) is 9.59 Å². The quantitative estimate of drug-likeness (QED) is 0.370. The minimum absolute atomic E-state index is 0.00497. The van der Waals surface area contributed by atoms with Crippen LogP contribution < -0.4 is 11.1 Å². The zero-order chi connectivity index (χ0) is 26.8. The molecule has 2 aromatic heterocycles. The largest absolute Gasteiger partial charge is 0.383 e. The highest BCUT2D eigenvalue weighted by Crippen LogP contribution is 2.50. The second-order valence-electron chi connectivity index (χ2n) is 10.8. The van der Waals surface area contributed by atoms with Crippen LogP contribution in [-0.2, 0) is 11.8 Å². The molecule has 0 spiro atoms. The molecule has 38 heavy (non-hydrogen) atoms. The Labute approximate surface area is 221 Å². The van der Waals surface area contributed by atoms with Gasteiger partial charge in [-0.25, -0.2) is 9.97 Å². The number of aryl methyl sites for hydroxylation is 1. The van der Waals surface area contributed by atoms with Gasteiger partial charge in [0.2, 0.25) is 0 Å². The Bertz CT molecular complexity index is 1610. The summed E-state index contributed by atoms with van der Waals surface area (Å²) in [5.74, 6) is 0.903. The van der Waals surface area contributed by atoms with E-state index in [1.54, 1.807) is 6.92 Å². The van der Waals surface area contributed by atoms with Crippen molar-refractivity contribution in [1.29, 1.82) is 0 Å². The van der Waals surface area contributed by atoms with E-state index in [1.807, 2.05) is 65.0 Å². The average molecular weight is 507 g/mol. The van der Waals surface area contributed by atoms with Crippen LogP contribution in [0.4, 0.5) is 11.5 Å². The number of nitrogens with one attached hydrogen (secondary N) is 1. The van der Waals surface area contributed by atoms with Crippen LogP contribution in [0.2, 0.25) is 0 Å². The molecule has 2 aromatic carbocycles. The minimum Gasteiger partial charge on any atom is -0.383 e. The Morgan fingerprint density at radius 3 is 2.32 bits per heavy atom. The first-order valence-electron chi connectivity index (χ1n) is 12.7. The molecule has 2 aliphatic heterocycles. The van der Waals surface area contributed by atoms with Crippen molar-refractivity contribution in [2.24, 2.45) is 13.0 Å². The maximum absolute atomic E-state index is 13.3. The Balaban J connectivity index is 1.41. The molecule has 3 N–H and O–H groups in total. The van der Waals surface area contributed by atoms with Gasteiger partial charge in [0.25, 0.3) is 11.8 Å². The summed E-state index contributed by atoms with van der Waals surface area (Å²) in [6, 6.07) is 15.4. The molecule has 8 heteroatoms. The lowest BCUT2D eigenvalue weighted by Gasteiger charge is -2.38. The van der Waals surface area contributed by atoms with Crippen molar-refractivity contribution < 1.29 is 9.59 Å². The lowest BCUT2D eigenvalue weighted by Crippen LogP contribution is -2.45. The highest BCUT2D eigenvalue weighted by molar-refractivity contribution is 6.08. The summed E-state index contributed by atoms with van der Waals surface area (Å²) < 4.78 is 2.00. The van der Waals surface area contributed by atoms with E-state index in [0.717, 1.165) is 47.2 Å². The van der Waals surface area contributed by atoms with Crippen LogP contribution in [0.1, 0.15) is 37.0 Å². The van der Waals surface area contributed by atoms with E-state index in [-0.39, 0.29) is 17.4 Å². The van der Waals surface area contributed by atoms with Crippen LogP contribution in [0.3, 0.4) is 0 Å². The standard InChI is InChI=1S/C30H30N6O2/c1-17(2)28(37)34-22-11-9-20(10-12-22)25-23(24-26(31)32-16-33-27(24)35(25)4)19-5-7-21(8-6-19)29(38)36-15-18-13-30(36,3)14-18/h5-12,16,18H,1,13-15H2,2-4H3,(H,34,37)(H2,31,32,33). The molecule has 2 bridgehead atoms. The molecule has 0 atom stereocenters. The van der Waals surface area contributed by atoms with Gasteiger partial charge in [-0.1, -0.05) is 30.8 Å². The number of carbonyl (C=O) groups is 2. The molecule has 1 aliphatic carbocycles. The molecule has 7 rings (SSSR count). The fourth-order valence-corrected chi connectivity index (χ4v) is 6.12. The molecule has 8 nitrogen and oxygen atoms in total. The molecule has 0 unspecified atom stereocenters. The predicted molar refractivity (Wildman–Crippen MR) is 149 cm³/mol. The summed E-state index contributed by atoms with van der Waals surface area (Å²) in [4.78, 5) is 36.1. The molecular formula is C30H30N6O2. The first kappa shape index (κ1) is 23.9. The molecule has 3 fully saturated rings. The molecule has 192 valence electrons. The van der Waals surface area contributed by atoms with Gasteiger partial charge >= 0.3 is 0 Å². The number of aromatic nitrogens is 3. The van der Waals surface area contributed by atoms with Gasteiger partial charge in [-0.15, -0.1) is 0 Å². The first-order valence-corrected chi connectivity index (χ1v) is 12.7. The highest BCUT2D eigenvalue weighted by Gasteiger charge is 2.54. The van der Waals surface area contributed by atoms with E-state index in [2.05, 4.69) is 28.8 Å². The predicted octanol–water partition coefficient (Wildman–Crippen LogP) is 5.02. The van der Waals surface area contributed by atoms with Crippen molar-refractivity contribution in [3.63, 3.8) is 0 Å². The van der Waals surface area contributed by atoms with Crippen molar-refractivity contribution in [2.45, 2.75) is 32.2 Å². The van der Waals surface area contributed by atoms with Gasteiger partial charge in [0.05, 0.1) is 11.1 Å². The van der Waals surface area contributed by atoms with E-state index in [0.29, 0.717) is 34.2 Å². The molecule has 0 radical (unpaired) electrons. The summed E-state index contributed by atoms with van der Waals surface area (Å²) in [5, 5.41) is 3.60. The number of hydrogen-bond acceptors (Lipinski definition) is 5. The maximum atomic E-state index is 13.3. The van der Waals surface area contributed by atoms with Crippen LogP contribution >= 0.6 is 0 Å². The number of nitrogen functional groups attached to an aromatic ring is 1. The normalized spacial score (nSPS) is 19.9. The van der Waals surface area contributed by atoms with E-state index >= 15 is 0 Å². The number of hydrogen-bond donors (Lipinski definition) is 2. The summed E-state index contributed by atoms with van der Waals surface area (Å²) in [7, 11) is 1.95. The Hall–Kier alpha value is -4.46. The molecular weight excluding hydrogens is 476 g/mol. The fourth-order valence-electron chi connectivity index (χ4n) is 6.12. The number of anilines is 2. The number of benzene rings is 2. The van der Waals surface area contributed by atoms with Crippen LogP contribution in [0.5, 0.6) is 0 Å². The lowest BCUT2D eigenvalue weighted by molar-refractivity contribution is -0.112. The summed E-state index contributed by atoms with van der Waals surface area (Å²) in [5.41, 5.74) is 12.6. The smallest absolute Gasteiger partial charge is 0.254 e.